The molecule has 0 aliphatic carbocycles. The van der Waals surface area contributed by atoms with Gasteiger partial charge in [0.15, 0.2) is 5.96 Å². The van der Waals surface area contributed by atoms with Gasteiger partial charge < -0.3 is 24.8 Å². The number of nitrogens with zero attached hydrogens (tertiary/aromatic N) is 1. The average Bonchev–Trinajstić information content (AvgIpc) is 3.27. The molecule has 0 aromatic heterocycles. The van der Waals surface area contributed by atoms with E-state index >= 15 is 0 Å². The highest BCUT2D eigenvalue weighted by Crippen LogP contribution is 2.34. The number of guanidine groups is 1. The molecule has 0 spiro atoms. The molecule has 0 saturated carbocycles. The van der Waals surface area contributed by atoms with E-state index in [-0.39, 0.29) is 42.4 Å². The summed E-state index contributed by atoms with van der Waals surface area (Å²) in [7, 11) is 1.67. The van der Waals surface area contributed by atoms with Gasteiger partial charge in [-0.1, -0.05) is 37.3 Å². The molecule has 33 heavy (non-hydrogen) atoms. The van der Waals surface area contributed by atoms with Crippen LogP contribution in [0, 0.1) is 5.92 Å². The maximum Gasteiger partial charge on any atom is 0.387 e. The fourth-order valence-electron chi connectivity index (χ4n) is 3.68. The number of alkyl halides is 2. The van der Waals surface area contributed by atoms with Gasteiger partial charge in [-0.3, -0.25) is 4.99 Å². The van der Waals surface area contributed by atoms with Gasteiger partial charge in [-0.25, -0.2) is 0 Å². The number of hydrogen-bond acceptors (Lipinski definition) is 4. The Morgan fingerprint density at radius 1 is 1.18 bits per heavy atom. The van der Waals surface area contributed by atoms with E-state index in [1.807, 2.05) is 25.1 Å². The molecule has 6 nitrogen and oxygen atoms in total. The van der Waals surface area contributed by atoms with Gasteiger partial charge in [0.1, 0.15) is 11.5 Å². The molecule has 0 radical (unpaired) electrons. The Balaban J connectivity index is 0.00000385. The van der Waals surface area contributed by atoms with Crippen LogP contribution in [0.4, 0.5) is 8.78 Å². The molecule has 0 bridgehead atoms. The molecule has 1 aliphatic rings. The number of ether oxygens (including phenoxy) is 3. The van der Waals surface area contributed by atoms with Gasteiger partial charge >= 0.3 is 6.61 Å². The first-order chi connectivity index (χ1) is 15.6. The highest BCUT2D eigenvalue weighted by Gasteiger charge is 2.29. The summed E-state index contributed by atoms with van der Waals surface area (Å²) in [5.74, 6) is 1.48. The van der Waals surface area contributed by atoms with Crippen LogP contribution in [0.3, 0.4) is 0 Å². The topological polar surface area (TPSA) is 64.1 Å². The molecule has 0 amide bonds. The smallest absolute Gasteiger partial charge is 0.387 e. The standard InChI is InChI=1S/C24H31F2N3O3.HI/c1-3-12-30-20-10-9-18(21(14-20)32-23(25)26)15-28-24(27-2)29-16-19-11-13-31-22(19)17-7-5-4-6-8-17;/h4-10,14,19,22-23H,3,11-13,15-16H2,1-2H3,(H2,27,28,29);1H. The molecule has 182 valence electrons. The SMILES string of the molecule is CCCOc1ccc(CNC(=NC)NCC2CCOC2c2ccccc2)c(OC(F)F)c1.I. The number of benzene rings is 2. The number of hydrogen-bond donors (Lipinski definition) is 2. The Bertz CT molecular complexity index is 871. The Kier molecular flexibility index (Phi) is 11.7. The first-order valence-corrected chi connectivity index (χ1v) is 10.9. The number of aliphatic imine (C=N–C) groups is 1. The van der Waals surface area contributed by atoms with Crippen molar-refractivity contribution in [2.75, 3.05) is 26.8 Å². The van der Waals surface area contributed by atoms with E-state index in [0.717, 1.165) is 19.4 Å². The monoisotopic (exact) mass is 575 g/mol. The van der Waals surface area contributed by atoms with Crippen molar-refractivity contribution >= 4 is 29.9 Å². The Hall–Kier alpha value is -2.14. The summed E-state index contributed by atoms with van der Waals surface area (Å²) < 4.78 is 41.9. The molecular formula is C24H32F2IN3O3. The maximum atomic E-state index is 12.9. The molecule has 2 N–H and O–H groups in total. The second-order valence-electron chi connectivity index (χ2n) is 7.55. The zero-order valence-electron chi connectivity index (χ0n) is 18.9. The van der Waals surface area contributed by atoms with Gasteiger partial charge in [-0.05, 0) is 30.5 Å². The fraction of sp³-hybridized carbons (Fsp3) is 0.458. The predicted octanol–water partition coefficient (Wildman–Crippen LogP) is 5.14. The van der Waals surface area contributed by atoms with Crippen molar-refractivity contribution in [2.24, 2.45) is 10.9 Å². The molecule has 1 fully saturated rings. The van der Waals surface area contributed by atoms with Gasteiger partial charge in [0, 0.05) is 44.3 Å². The van der Waals surface area contributed by atoms with Crippen molar-refractivity contribution in [3.63, 3.8) is 0 Å². The molecule has 2 atom stereocenters. The van der Waals surface area contributed by atoms with E-state index < -0.39 is 6.61 Å². The van der Waals surface area contributed by atoms with E-state index in [2.05, 4.69) is 27.8 Å². The minimum Gasteiger partial charge on any atom is -0.493 e. The van der Waals surface area contributed by atoms with E-state index in [0.29, 0.717) is 36.3 Å². The van der Waals surface area contributed by atoms with Gasteiger partial charge in [0.25, 0.3) is 0 Å². The molecule has 1 saturated heterocycles. The van der Waals surface area contributed by atoms with Crippen molar-refractivity contribution in [3.05, 3.63) is 59.7 Å². The maximum absolute atomic E-state index is 12.9. The third-order valence-electron chi connectivity index (χ3n) is 5.27. The van der Waals surface area contributed by atoms with Crippen molar-refractivity contribution < 1.29 is 23.0 Å². The molecule has 1 aliphatic heterocycles. The summed E-state index contributed by atoms with van der Waals surface area (Å²) in [5, 5.41) is 6.50. The minimum absolute atomic E-state index is 0. The van der Waals surface area contributed by atoms with E-state index in [1.165, 1.54) is 11.6 Å². The van der Waals surface area contributed by atoms with Gasteiger partial charge in [-0.2, -0.15) is 8.78 Å². The lowest BCUT2D eigenvalue weighted by Gasteiger charge is -2.21. The Labute approximate surface area is 211 Å². The highest BCUT2D eigenvalue weighted by molar-refractivity contribution is 14.0. The lowest BCUT2D eigenvalue weighted by Crippen LogP contribution is -2.40. The average molecular weight is 575 g/mol. The molecule has 1 heterocycles. The second kappa shape index (κ2) is 14.2. The Morgan fingerprint density at radius 3 is 2.67 bits per heavy atom. The Morgan fingerprint density at radius 2 is 1.97 bits per heavy atom. The van der Waals surface area contributed by atoms with Crippen molar-refractivity contribution in [3.8, 4) is 11.5 Å². The van der Waals surface area contributed by atoms with Crippen LogP contribution in [0.5, 0.6) is 11.5 Å². The summed E-state index contributed by atoms with van der Waals surface area (Å²) in [4.78, 5) is 4.25. The number of rotatable bonds is 10. The molecule has 9 heteroatoms. The summed E-state index contributed by atoms with van der Waals surface area (Å²) in [6.45, 7) is 1.26. The largest absolute Gasteiger partial charge is 0.493 e. The zero-order chi connectivity index (χ0) is 22.8. The number of halogens is 3. The minimum atomic E-state index is -2.91. The molecular weight excluding hydrogens is 543 g/mol. The third-order valence-corrected chi connectivity index (χ3v) is 5.27. The predicted molar refractivity (Wildman–Crippen MR) is 136 cm³/mol. The van der Waals surface area contributed by atoms with Crippen LogP contribution in [0.25, 0.3) is 0 Å². The first kappa shape index (κ1) is 27.1. The van der Waals surface area contributed by atoms with Crippen molar-refractivity contribution in [2.45, 2.75) is 39.0 Å². The van der Waals surface area contributed by atoms with E-state index in [9.17, 15) is 8.78 Å². The van der Waals surface area contributed by atoms with Crippen LogP contribution in [0.1, 0.15) is 37.0 Å². The van der Waals surface area contributed by atoms with Crippen LogP contribution in [0.15, 0.2) is 53.5 Å². The molecule has 2 aromatic rings. The van der Waals surface area contributed by atoms with Gasteiger partial charge in [0.2, 0.25) is 0 Å². The van der Waals surface area contributed by atoms with E-state index in [4.69, 9.17) is 14.2 Å². The lowest BCUT2D eigenvalue weighted by atomic mass is 9.95. The third kappa shape index (κ3) is 8.29. The van der Waals surface area contributed by atoms with Crippen LogP contribution in [0.2, 0.25) is 0 Å². The number of nitrogens with one attached hydrogen (secondary N) is 2. The zero-order valence-corrected chi connectivity index (χ0v) is 21.3. The van der Waals surface area contributed by atoms with Crippen molar-refractivity contribution in [1.82, 2.24) is 10.6 Å². The van der Waals surface area contributed by atoms with Crippen LogP contribution < -0.4 is 20.1 Å². The first-order valence-electron chi connectivity index (χ1n) is 10.9. The molecule has 3 rings (SSSR count). The van der Waals surface area contributed by atoms with Gasteiger partial charge in [-0.15, -0.1) is 24.0 Å². The quantitative estimate of drug-likeness (QED) is 0.234. The summed E-state index contributed by atoms with van der Waals surface area (Å²) >= 11 is 0. The van der Waals surface area contributed by atoms with Crippen molar-refractivity contribution in [1.29, 1.82) is 0 Å². The van der Waals surface area contributed by atoms with Crippen LogP contribution >= 0.6 is 24.0 Å². The lowest BCUT2D eigenvalue weighted by molar-refractivity contribution is -0.0505. The van der Waals surface area contributed by atoms with Crippen LogP contribution in [-0.4, -0.2) is 39.4 Å². The molecule has 2 unspecified atom stereocenters. The molecule has 2 aromatic carbocycles. The van der Waals surface area contributed by atoms with Crippen LogP contribution in [-0.2, 0) is 11.3 Å². The normalized spacial score (nSPS) is 18.0. The highest BCUT2D eigenvalue weighted by atomic mass is 127. The second-order valence-corrected chi connectivity index (χ2v) is 7.55. The fourth-order valence-corrected chi connectivity index (χ4v) is 3.68. The summed E-state index contributed by atoms with van der Waals surface area (Å²) in [5.41, 5.74) is 1.75. The summed E-state index contributed by atoms with van der Waals surface area (Å²) in [6.07, 6.45) is 1.83. The summed E-state index contributed by atoms with van der Waals surface area (Å²) in [6, 6.07) is 15.1. The van der Waals surface area contributed by atoms with E-state index in [1.54, 1.807) is 19.2 Å². The van der Waals surface area contributed by atoms with Gasteiger partial charge in [0.05, 0.1) is 12.7 Å².